The van der Waals surface area contributed by atoms with E-state index in [-0.39, 0.29) is 11.7 Å². The van der Waals surface area contributed by atoms with Crippen LogP contribution in [0.4, 0.5) is 5.69 Å². The Balaban J connectivity index is 1.89. The molecule has 0 spiro atoms. The fourth-order valence-electron chi connectivity index (χ4n) is 1.90. The number of rotatable bonds is 8. The molecule has 0 aromatic heterocycles. The molecule has 1 aliphatic rings. The average Bonchev–Trinajstić information content (AvgIpc) is 3.30. The summed E-state index contributed by atoms with van der Waals surface area (Å²) in [6, 6.07) is 6.62. The number of nitro benzene ring substituents is 1. The van der Waals surface area contributed by atoms with Gasteiger partial charge in [0, 0.05) is 18.5 Å². The standard InChI is InChI=1S/C14H17N3O4/c1-20-14-8-12(17(18)19)4-5-13(14)21-7-6-11(9-15)16-10-2-3-10/h4-5,8,10-11,16H,2-3,6-7H2,1H3. The molecular formula is C14H17N3O4. The molecule has 0 radical (unpaired) electrons. The van der Waals surface area contributed by atoms with E-state index in [9.17, 15) is 10.1 Å². The highest BCUT2D eigenvalue weighted by atomic mass is 16.6. The first kappa shape index (κ1) is 15.1. The van der Waals surface area contributed by atoms with E-state index in [1.54, 1.807) is 0 Å². The van der Waals surface area contributed by atoms with E-state index in [1.165, 1.54) is 25.3 Å². The summed E-state index contributed by atoms with van der Waals surface area (Å²) in [6.07, 6.45) is 2.79. The minimum atomic E-state index is -0.489. The molecule has 1 fully saturated rings. The molecule has 1 aliphatic carbocycles. The zero-order valence-electron chi connectivity index (χ0n) is 11.7. The van der Waals surface area contributed by atoms with Crippen LogP contribution < -0.4 is 14.8 Å². The van der Waals surface area contributed by atoms with Crippen molar-refractivity contribution in [1.29, 1.82) is 5.26 Å². The Morgan fingerprint density at radius 3 is 2.86 bits per heavy atom. The summed E-state index contributed by atoms with van der Waals surface area (Å²) in [5.41, 5.74) is -0.0514. The van der Waals surface area contributed by atoms with Crippen molar-refractivity contribution in [3.8, 4) is 17.6 Å². The highest BCUT2D eigenvalue weighted by Gasteiger charge is 2.24. The Kier molecular flexibility index (Phi) is 4.95. The maximum atomic E-state index is 10.7. The number of ether oxygens (including phenoxy) is 2. The van der Waals surface area contributed by atoms with Gasteiger partial charge >= 0.3 is 0 Å². The second kappa shape index (κ2) is 6.90. The van der Waals surface area contributed by atoms with E-state index in [4.69, 9.17) is 14.7 Å². The number of nitro groups is 1. The third-order valence-corrected chi connectivity index (χ3v) is 3.19. The summed E-state index contributed by atoms with van der Waals surface area (Å²) in [5.74, 6) is 0.749. The fourth-order valence-corrected chi connectivity index (χ4v) is 1.90. The second-order valence-corrected chi connectivity index (χ2v) is 4.85. The molecule has 0 bridgehead atoms. The maximum Gasteiger partial charge on any atom is 0.273 e. The molecule has 7 heteroatoms. The average molecular weight is 291 g/mol. The quantitative estimate of drug-likeness (QED) is 0.581. The molecule has 0 amide bonds. The minimum Gasteiger partial charge on any atom is -0.493 e. The van der Waals surface area contributed by atoms with Crippen LogP contribution >= 0.6 is 0 Å². The lowest BCUT2D eigenvalue weighted by molar-refractivity contribution is -0.384. The first-order valence-corrected chi connectivity index (χ1v) is 6.75. The summed E-state index contributed by atoms with van der Waals surface area (Å²) < 4.78 is 10.6. The topological polar surface area (TPSA) is 97.4 Å². The summed E-state index contributed by atoms with van der Waals surface area (Å²) in [6.45, 7) is 0.339. The minimum absolute atomic E-state index is 0.0514. The molecule has 0 aliphatic heterocycles. The van der Waals surface area contributed by atoms with Gasteiger partial charge in [0.25, 0.3) is 5.69 Å². The van der Waals surface area contributed by atoms with Crippen LogP contribution in [0.3, 0.4) is 0 Å². The summed E-state index contributed by atoms with van der Waals surface area (Å²) in [7, 11) is 1.43. The van der Waals surface area contributed by atoms with Gasteiger partial charge in [-0.25, -0.2) is 0 Å². The largest absolute Gasteiger partial charge is 0.493 e. The number of methoxy groups -OCH3 is 1. The molecule has 1 atom stereocenters. The Hall–Kier alpha value is -2.33. The monoisotopic (exact) mass is 291 g/mol. The number of nitrogens with zero attached hydrogens (tertiary/aromatic N) is 2. The lowest BCUT2D eigenvalue weighted by Gasteiger charge is -2.13. The van der Waals surface area contributed by atoms with Gasteiger partial charge in [-0.2, -0.15) is 5.26 Å². The Morgan fingerprint density at radius 1 is 1.52 bits per heavy atom. The third-order valence-electron chi connectivity index (χ3n) is 3.19. The molecule has 1 aromatic rings. The molecule has 1 saturated carbocycles. The molecule has 1 aromatic carbocycles. The maximum absolute atomic E-state index is 10.7. The van der Waals surface area contributed by atoms with E-state index in [0.29, 0.717) is 30.6 Å². The Labute approximate surface area is 122 Å². The van der Waals surface area contributed by atoms with Crippen LogP contribution in [0.15, 0.2) is 18.2 Å². The van der Waals surface area contributed by atoms with Gasteiger partial charge in [-0.15, -0.1) is 0 Å². The van der Waals surface area contributed by atoms with Crippen LogP contribution in [0.2, 0.25) is 0 Å². The van der Waals surface area contributed by atoms with Gasteiger partial charge in [0.1, 0.15) is 0 Å². The zero-order valence-corrected chi connectivity index (χ0v) is 11.7. The van der Waals surface area contributed by atoms with Gasteiger partial charge in [-0.3, -0.25) is 15.4 Å². The number of hydrogen-bond acceptors (Lipinski definition) is 6. The van der Waals surface area contributed by atoms with E-state index >= 15 is 0 Å². The predicted molar refractivity (Wildman–Crippen MR) is 75.3 cm³/mol. The molecule has 1 unspecified atom stereocenters. The smallest absolute Gasteiger partial charge is 0.273 e. The van der Waals surface area contributed by atoms with Gasteiger partial charge in [-0.05, 0) is 18.9 Å². The molecule has 7 nitrogen and oxygen atoms in total. The molecule has 112 valence electrons. The molecular weight excluding hydrogens is 274 g/mol. The fraction of sp³-hybridized carbons (Fsp3) is 0.500. The van der Waals surface area contributed by atoms with Crippen LogP contribution in [-0.2, 0) is 0 Å². The van der Waals surface area contributed by atoms with Crippen LogP contribution in [0.1, 0.15) is 19.3 Å². The number of hydrogen-bond donors (Lipinski definition) is 1. The van der Waals surface area contributed by atoms with Gasteiger partial charge < -0.3 is 9.47 Å². The second-order valence-electron chi connectivity index (χ2n) is 4.85. The number of benzene rings is 1. The Bertz CT molecular complexity index is 552. The van der Waals surface area contributed by atoms with E-state index < -0.39 is 4.92 Å². The van der Waals surface area contributed by atoms with Gasteiger partial charge in [-0.1, -0.05) is 0 Å². The zero-order chi connectivity index (χ0) is 15.2. The van der Waals surface area contributed by atoms with Crippen molar-refractivity contribution >= 4 is 5.69 Å². The van der Waals surface area contributed by atoms with Crippen LogP contribution in [0.25, 0.3) is 0 Å². The van der Waals surface area contributed by atoms with Crippen LogP contribution in [0.5, 0.6) is 11.5 Å². The molecule has 0 heterocycles. The van der Waals surface area contributed by atoms with Gasteiger partial charge in [0.15, 0.2) is 11.5 Å². The van der Waals surface area contributed by atoms with Crippen molar-refractivity contribution in [3.63, 3.8) is 0 Å². The molecule has 0 saturated heterocycles. The summed E-state index contributed by atoms with van der Waals surface area (Å²) in [4.78, 5) is 10.2. The number of non-ortho nitro benzene ring substituents is 1. The van der Waals surface area contributed by atoms with Crippen molar-refractivity contribution in [2.75, 3.05) is 13.7 Å². The summed E-state index contributed by atoms with van der Waals surface area (Å²) >= 11 is 0. The van der Waals surface area contributed by atoms with Crippen molar-refractivity contribution < 1.29 is 14.4 Å². The highest BCUT2D eigenvalue weighted by molar-refractivity contribution is 5.48. The SMILES string of the molecule is COc1cc([N+](=O)[O-])ccc1OCCC(C#N)NC1CC1. The third kappa shape index (κ3) is 4.33. The van der Waals surface area contributed by atoms with Crippen molar-refractivity contribution in [2.24, 2.45) is 0 Å². The van der Waals surface area contributed by atoms with Crippen LogP contribution in [0, 0.1) is 21.4 Å². The van der Waals surface area contributed by atoms with Crippen molar-refractivity contribution in [3.05, 3.63) is 28.3 Å². The highest BCUT2D eigenvalue weighted by Crippen LogP contribution is 2.31. The van der Waals surface area contributed by atoms with E-state index in [1.807, 2.05) is 0 Å². The lowest BCUT2D eigenvalue weighted by Crippen LogP contribution is -2.31. The molecule has 1 N–H and O–H groups in total. The predicted octanol–water partition coefficient (Wildman–Crippen LogP) is 2.02. The number of nitrogens with one attached hydrogen (secondary N) is 1. The van der Waals surface area contributed by atoms with Gasteiger partial charge in [0.2, 0.25) is 0 Å². The van der Waals surface area contributed by atoms with Crippen LogP contribution in [-0.4, -0.2) is 30.7 Å². The number of nitriles is 1. The van der Waals surface area contributed by atoms with E-state index in [0.717, 1.165) is 12.8 Å². The first-order valence-electron chi connectivity index (χ1n) is 6.75. The lowest BCUT2D eigenvalue weighted by atomic mass is 10.2. The first-order chi connectivity index (χ1) is 10.1. The van der Waals surface area contributed by atoms with Crippen molar-refractivity contribution in [1.82, 2.24) is 5.32 Å². The molecule has 21 heavy (non-hydrogen) atoms. The Morgan fingerprint density at radius 2 is 2.29 bits per heavy atom. The van der Waals surface area contributed by atoms with E-state index in [2.05, 4.69) is 11.4 Å². The molecule has 2 rings (SSSR count). The van der Waals surface area contributed by atoms with Crippen molar-refractivity contribution in [2.45, 2.75) is 31.3 Å². The normalized spacial score (nSPS) is 15.0. The van der Waals surface area contributed by atoms with Gasteiger partial charge in [0.05, 0.1) is 36.8 Å². The summed E-state index contributed by atoms with van der Waals surface area (Å²) in [5, 5.41) is 22.9.